The SMILES string of the molecule is CCOC(=O)CN(CC)C(=O)c1cc(C(C)C)cn1C(N)=O. The number of nitrogens with two attached hydrogens (primary N) is 1. The molecule has 0 aromatic carbocycles. The summed E-state index contributed by atoms with van der Waals surface area (Å²) < 4.78 is 5.97. The Morgan fingerprint density at radius 3 is 2.41 bits per heavy atom. The summed E-state index contributed by atoms with van der Waals surface area (Å²) in [6.07, 6.45) is 1.55. The molecule has 0 radical (unpaired) electrons. The Morgan fingerprint density at radius 2 is 1.95 bits per heavy atom. The first-order valence-corrected chi connectivity index (χ1v) is 7.28. The molecule has 7 nitrogen and oxygen atoms in total. The van der Waals surface area contributed by atoms with Crippen molar-refractivity contribution in [1.82, 2.24) is 9.47 Å². The van der Waals surface area contributed by atoms with Crippen LogP contribution in [0.25, 0.3) is 0 Å². The minimum absolute atomic E-state index is 0.146. The van der Waals surface area contributed by atoms with Gasteiger partial charge in [-0.3, -0.25) is 14.2 Å². The van der Waals surface area contributed by atoms with Gasteiger partial charge in [-0.25, -0.2) is 4.79 Å². The summed E-state index contributed by atoms with van der Waals surface area (Å²) in [5.41, 5.74) is 6.30. The van der Waals surface area contributed by atoms with Crippen molar-refractivity contribution in [2.45, 2.75) is 33.6 Å². The molecule has 1 aromatic heterocycles. The van der Waals surface area contributed by atoms with Crippen molar-refractivity contribution in [3.63, 3.8) is 0 Å². The molecule has 0 spiro atoms. The van der Waals surface area contributed by atoms with Gasteiger partial charge in [-0.15, -0.1) is 0 Å². The van der Waals surface area contributed by atoms with E-state index in [9.17, 15) is 14.4 Å². The van der Waals surface area contributed by atoms with E-state index in [4.69, 9.17) is 10.5 Å². The first-order valence-electron chi connectivity index (χ1n) is 7.28. The van der Waals surface area contributed by atoms with Gasteiger partial charge in [0.2, 0.25) is 0 Å². The molecule has 7 heteroatoms. The topological polar surface area (TPSA) is 94.6 Å². The van der Waals surface area contributed by atoms with Gasteiger partial charge in [0.05, 0.1) is 6.61 Å². The number of amides is 2. The van der Waals surface area contributed by atoms with E-state index >= 15 is 0 Å². The minimum atomic E-state index is -0.734. The third-order valence-corrected chi connectivity index (χ3v) is 3.26. The fourth-order valence-electron chi connectivity index (χ4n) is 2.00. The zero-order chi connectivity index (χ0) is 16.9. The molecule has 0 saturated heterocycles. The van der Waals surface area contributed by atoms with Crippen LogP contribution >= 0.6 is 0 Å². The summed E-state index contributed by atoms with van der Waals surface area (Å²) in [4.78, 5) is 37.0. The summed E-state index contributed by atoms with van der Waals surface area (Å²) in [5.74, 6) is -0.771. The van der Waals surface area contributed by atoms with E-state index in [0.717, 1.165) is 10.1 Å². The second kappa shape index (κ2) is 7.63. The highest BCUT2D eigenvalue weighted by atomic mass is 16.5. The summed E-state index contributed by atoms with van der Waals surface area (Å²) in [5, 5.41) is 0. The van der Waals surface area contributed by atoms with Gasteiger partial charge < -0.3 is 15.4 Å². The molecule has 1 rings (SSSR count). The lowest BCUT2D eigenvalue weighted by Gasteiger charge is -2.20. The molecule has 0 atom stereocenters. The largest absolute Gasteiger partial charge is 0.465 e. The van der Waals surface area contributed by atoms with Gasteiger partial charge in [-0.05, 0) is 31.4 Å². The van der Waals surface area contributed by atoms with Gasteiger partial charge in [-0.1, -0.05) is 13.8 Å². The van der Waals surface area contributed by atoms with Crippen molar-refractivity contribution in [3.05, 3.63) is 23.5 Å². The van der Waals surface area contributed by atoms with E-state index in [2.05, 4.69) is 0 Å². The monoisotopic (exact) mass is 309 g/mol. The molecule has 22 heavy (non-hydrogen) atoms. The standard InChI is InChI=1S/C15H23N3O4/c1-5-17(9-13(19)22-6-2)14(20)12-7-11(10(3)4)8-18(12)15(16)21/h7-8,10H,5-6,9H2,1-4H3,(H2,16,21). The third kappa shape index (κ3) is 4.09. The Labute approximate surface area is 130 Å². The Hall–Kier alpha value is -2.31. The van der Waals surface area contributed by atoms with Gasteiger partial charge >= 0.3 is 12.0 Å². The highest BCUT2D eigenvalue weighted by Crippen LogP contribution is 2.19. The summed E-state index contributed by atoms with van der Waals surface area (Å²) >= 11 is 0. The molecule has 0 aliphatic carbocycles. The van der Waals surface area contributed by atoms with Crippen LogP contribution in [0.15, 0.2) is 12.3 Å². The fourth-order valence-corrected chi connectivity index (χ4v) is 2.00. The van der Waals surface area contributed by atoms with Gasteiger partial charge in [0.1, 0.15) is 12.2 Å². The maximum Gasteiger partial charge on any atom is 0.325 e. The molecular formula is C15H23N3O4. The Bertz CT molecular complexity index is 563. The average molecular weight is 309 g/mol. The third-order valence-electron chi connectivity index (χ3n) is 3.26. The average Bonchev–Trinajstić information content (AvgIpc) is 2.89. The number of hydrogen-bond acceptors (Lipinski definition) is 4. The highest BCUT2D eigenvalue weighted by molar-refractivity contribution is 5.98. The van der Waals surface area contributed by atoms with Gasteiger partial charge in [0.25, 0.3) is 5.91 Å². The van der Waals surface area contributed by atoms with Crippen LogP contribution in [0, 0.1) is 0 Å². The van der Waals surface area contributed by atoms with E-state index < -0.39 is 17.9 Å². The molecule has 0 aliphatic rings. The van der Waals surface area contributed by atoms with Crippen molar-refractivity contribution in [3.8, 4) is 0 Å². The molecule has 122 valence electrons. The van der Waals surface area contributed by atoms with E-state index in [-0.39, 0.29) is 24.8 Å². The molecule has 0 aliphatic heterocycles. The van der Waals surface area contributed by atoms with Crippen LogP contribution in [0.3, 0.4) is 0 Å². The zero-order valence-corrected chi connectivity index (χ0v) is 13.5. The number of carbonyl (C=O) groups is 3. The minimum Gasteiger partial charge on any atom is -0.465 e. The van der Waals surface area contributed by atoms with Crippen molar-refractivity contribution in [1.29, 1.82) is 0 Å². The van der Waals surface area contributed by atoms with E-state index in [1.807, 2.05) is 13.8 Å². The van der Waals surface area contributed by atoms with Crippen molar-refractivity contribution < 1.29 is 19.1 Å². The number of carbonyl (C=O) groups excluding carboxylic acids is 3. The van der Waals surface area contributed by atoms with Gasteiger partial charge in [0.15, 0.2) is 0 Å². The smallest absolute Gasteiger partial charge is 0.325 e. The molecular weight excluding hydrogens is 286 g/mol. The lowest BCUT2D eigenvalue weighted by atomic mass is 10.1. The molecule has 0 bridgehead atoms. The summed E-state index contributed by atoms with van der Waals surface area (Å²) in [6, 6.07) is 0.897. The van der Waals surface area contributed by atoms with Crippen LogP contribution in [-0.4, -0.2) is 47.1 Å². The number of hydrogen-bond donors (Lipinski definition) is 1. The highest BCUT2D eigenvalue weighted by Gasteiger charge is 2.24. The number of ether oxygens (including phenoxy) is 1. The normalized spacial score (nSPS) is 10.6. The number of esters is 1. The van der Waals surface area contributed by atoms with Crippen molar-refractivity contribution in [2.24, 2.45) is 5.73 Å². The molecule has 1 aromatic rings. The molecule has 0 saturated carbocycles. The fraction of sp³-hybridized carbons (Fsp3) is 0.533. The molecule has 0 fully saturated rings. The Kier molecular flexibility index (Phi) is 6.15. The molecule has 1 heterocycles. The predicted octanol–water partition coefficient (Wildman–Crippen LogP) is 1.56. The number of likely N-dealkylation sites (N-methyl/N-ethyl adjacent to an activating group) is 1. The first kappa shape index (κ1) is 17.7. The van der Waals surface area contributed by atoms with Crippen LogP contribution in [0.2, 0.25) is 0 Å². The second-order valence-electron chi connectivity index (χ2n) is 5.15. The van der Waals surface area contributed by atoms with Crippen LogP contribution < -0.4 is 5.73 Å². The first-order chi connectivity index (χ1) is 10.3. The van der Waals surface area contributed by atoms with E-state index in [1.54, 1.807) is 26.1 Å². The van der Waals surface area contributed by atoms with Gasteiger partial charge in [-0.2, -0.15) is 0 Å². The predicted molar refractivity (Wildman–Crippen MR) is 81.7 cm³/mol. The molecule has 2 amide bonds. The number of nitrogens with zero attached hydrogens (tertiary/aromatic N) is 2. The number of primary amides is 1. The maximum atomic E-state index is 12.6. The molecule has 2 N–H and O–H groups in total. The van der Waals surface area contributed by atoms with Crippen LogP contribution in [0.4, 0.5) is 4.79 Å². The quantitative estimate of drug-likeness (QED) is 0.807. The lowest BCUT2D eigenvalue weighted by Crippen LogP contribution is -2.38. The number of aromatic nitrogens is 1. The Balaban J connectivity index is 3.08. The zero-order valence-electron chi connectivity index (χ0n) is 13.5. The van der Waals surface area contributed by atoms with Crippen LogP contribution in [0.5, 0.6) is 0 Å². The summed E-state index contributed by atoms with van der Waals surface area (Å²) in [7, 11) is 0. The van der Waals surface area contributed by atoms with E-state index in [0.29, 0.717) is 6.54 Å². The number of rotatable bonds is 6. The maximum absolute atomic E-state index is 12.6. The van der Waals surface area contributed by atoms with E-state index in [1.165, 1.54) is 4.90 Å². The van der Waals surface area contributed by atoms with Crippen molar-refractivity contribution >= 4 is 17.9 Å². The molecule has 0 unspecified atom stereocenters. The second-order valence-corrected chi connectivity index (χ2v) is 5.15. The Morgan fingerprint density at radius 1 is 1.32 bits per heavy atom. The summed E-state index contributed by atoms with van der Waals surface area (Å²) in [6.45, 7) is 7.75. The van der Waals surface area contributed by atoms with Crippen LogP contribution in [0.1, 0.15) is 49.7 Å². The van der Waals surface area contributed by atoms with Crippen LogP contribution in [-0.2, 0) is 9.53 Å². The van der Waals surface area contributed by atoms with Crippen molar-refractivity contribution in [2.75, 3.05) is 19.7 Å². The van der Waals surface area contributed by atoms with Gasteiger partial charge in [0, 0.05) is 12.7 Å². The lowest BCUT2D eigenvalue weighted by molar-refractivity contribution is -0.143.